The van der Waals surface area contributed by atoms with E-state index in [2.05, 4.69) is 10.2 Å². The van der Waals surface area contributed by atoms with Crippen LogP contribution < -0.4 is 0 Å². The largest absolute Gasteiger partial charge is 0.449 e. The van der Waals surface area contributed by atoms with E-state index in [1.54, 1.807) is 25.1 Å². The van der Waals surface area contributed by atoms with E-state index >= 15 is 0 Å². The quantitative estimate of drug-likeness (QED) is 0.593. The van der Waals surface area contributed by atoms with Gasteiger partial charge in [-0.05, 0) is 19.9 Å². The molecule has 3 rings (SSSR count). The Morgan fingerprint density at radius 2 is 1.78 bits per heavy atom. The highest BCUT2D eigenvalue weighted by atomic mass is 16.5. The first-order chi connectivity index (χ1) is 11.1. The second-order valence-corrected chi connectivity index (χ2v) is 5.40. The lowest BCUT2D eigenvalue weighted by Gasteiger charge is -2.11. The molecule has 5 heteroatoms. The molecule has 0 radical (unpaired) electrons. The van der Waals surface area contributed by atoms with Crippen molar-refractivity contribution < 1.29 is 14.3 Å². The lowest BCUT2D eigenvalue weighted by atomic mass is 10.1. The number of ketones is 1. The number of aromatic nitrogens is 2. The van der Waals surface area contributed by atoms with Crippen LogP contribution in [0.1, 0.15) is 33.3 Å². The summed E-state index contributed by atoms with van der Waals surface area (Å²) in [6.45, 7) is 3.51. The molecule has 1 aromatic heterocycles. The highest BCUT2D eigenvalue weighted by Gasteiger charge is 2.23. The van der Waals surface area contributed by atoms with Gasteiger partial charge in [-0.25, -0.2) is 4.79 Å². The van der Waals surface area contributed by atoms with Gasteiger partial charge in [0.05, 0.1) is 5.52 Å². The number of Topliss-reactive ketones (excluding diaryl/α,β-unsaturated/α-hetero) is 1. The van der Waals surface area contributed by atoms with E-state index in [0.717, 1.165) is 11.1 Å². The van der Waals surface area contributed by atoms with Gasteiger partial charge in [0.2, 0.25) is 5.78 Å². The summed E-state index contributed by atoms with van der Waals surface area (Å²) in [4.78, 5) is 24.6. The Hall–Kier alpha value is -2.95. The minimum atomic E-state index is -0.874. The Balaban J connectivity index is 1.77. The third-order valence-corrected chi connectivity index (χ3v) is 3.65. The molecular weight excluding hydrogens is 292 g/mol. The van der Waals surface area contributed by atoms with Crippen LogP contribution in [-0.4, -0.2) is 28.1 Å². The number of ether oxygens (including phenoxy) is 1. The molecule has 0 aliphatic rings. The molecule has 2 aromatic carbocycles. The van der Waals surface area contributed by atoms with Crippen LogP contribution in [0.15, 0.2) is 48.5 Å². The number of aromatic amines is 1. The summed E-state index contributed by atoms with van der Waals surface area (Å²) in [7, 11) is 0. The molecule has 3 aromatic rings. The number of nitrogens with zero attached hydrogens (tertiary/aromatic N) is 1. The van der Waals surface area contributed by atoms with E-state index < -0.39 is 12.1 Å². The smallest absolute Gasteiger partial charge is 0.360 e. The topological polar surface area (TPSA) is 72.1 Å². The molecule has 5 nitrogen and oxygen atoms in total. The SMILES string of the molecule is Cc1ccc(C(=O)[C@@H](C)OC(=O)c2n[nH]c3ccccc23)cc1. The molecule has 0 spiro atoms. The number of rotatable bonds is 4. The van der Waals surface area contributed by atoms with Crippen LogP contribution in [-0.2, 0) is 4.74 Å². The molecule has 0 saturated carbocycles. The second kappa shape index (κ2) is 6.04. The lowest BCUT2D eigenvalue weighted by molar-refractivity contribution is 0.0315. The van der Waals surface area contributed by atoms with Crippen LogP contribution in [0.25, 0.3) is 10.9 Å². The lowest BCUT2D eigenvalue weighted by Crippen LogP contribution is -2.24. The average molecular weight is 308 g/mol. The number of para-hydroxylation sites is 1. The molecule has 0 aliphatic heterocycles. The van der Waals surface area contributed by atoms with E-state index in [9.17, 15) is 9.59 Å². The van der Waals surface area contributed by atoms with Gasteiger partial charge in [0.25, 0.3) is 0 Å². The number of nitrogens with one attached hydrogen (secondary N) is 1. The standard InChI is InChI=1S/C18H16N2O3/c1-11-7-9-13(10-8-11)17(21)12(2)23-18(22)16-14-5-3-4-6-15(14)19-20-16/h3-10,12H,1-2H3,(H,19,20)/t12-/m1/s1. The molecule has 0 amide bonds. The molecular formula is C18H16N2O3. The van der Waals surface area contributed by atoms with Crippen molar-refractivity contribution in [2.24, 2.45) is 0 Å². The van der Waals surface area contributed by atoms with Crippen LogP contribution in [0.5, 0.6) is 0 Å². The molecule has 0 unspecified atom stereocenters. The van der Waals surface area contributed by atoms with Gasteiger partial charge in [-0.1, -0.05) is 48.0 Å². The minimum Gasteiger partial charge on any atom is -0.449 e. The van der Waals surface area contributed by atoms with E-state index in [-0.39, 0.29) is 11.5 Å². The van der Waals surface area contributed by atoms with Gasteiger partial charge in [-0.15, -0.1) is 0 Å². The predicted molar refractivity (Wildman–Crippen MR) is 86.5 cm³/mol. The molecule has 1 heterocycles. The van der Waals surface area contributed by atoms with E-state index in [4.69, 9.17) is 4.74 Å². The number of H-pyrrole nitrogens is 1. The normalized spacial score (nSPS) is 12.1. The summed E-state index contributed by atoms with van der Waals surface area (Å²) in [5, 5.41) is 7.43. The Morgan fingerprint density at radius 1 is 1.09 bits per heavy atom. The van der Waals surface area contributed by atoms with Gasteiger partial charge in [0.1, 0.15) is 0 Å². The van der Waals surface area contributed by atoms with Crippen molar-refractivity contribution >= 4 is 22.7 Å². The van der Waals surface area contributed by atoms with Gasteiger partial charge in [-0.3, -0.25) is 9.89 Å². The zero-order chi connectivity index (χ0) is 16.4. The van der Waals surface area contributed by atoms with Gasteiger partial charge in [-0.2, -0.15) is 5.10 Å². The summed E-state index contributed by atoms with van der Waals surface area (Å²) in [5.41, 5.74) is 2.51. The molecule has 0 aliphatic carbocycles. The zero-order valence-electron chi connectivity index (χ0n) is 12.9. The van der Waals surface area contributed by atoms with Gasteiger partial charge in [0.15, 0.2) is 11.8 Å². The second-order valence-electron chi connectivity index (χ2n) is 5.40. The van der Waals surface area contributed by atoms with Crippen molar-refractivity contribution in [3.05, 3.63) is 65.4 Å². The molecule has 116 valence electrons. The molecule has 1 atom stereocenters. The van der Waals surface area contributed by atoms with Crippen LogP contribution in [0, 0.1) is 6.92 Å². The summed E-state index contributed by atoms with van der Waals surface area (Å²) >= 11 is 0. The maximum Gasteiger partial charge on any atom is 0.360 e. The van der Waals surface area contributed by atoms with E-state index in [1.165, 1.54) is 0 Å². The van der Waals surface area contributed by atoms with Crippen LogP contribution in [0.2, 0.25) is 0 Å². The highest BCUT2D eigenvalue weighted by Crippen LogP contribution is 2.17. The van der Waals surface area contributed by atoms with Crippen molar-refractivity contribution in [3.63, 3.8) is 0 Å². The first-order valence-electron chi connectivity index (χ1n) is 7.31. The number of carbonyl (C=O) groups excluding carboxylic acids is 2. The molecule has 0 fully saturated rings. The monoisotopic (exact) mass is 308 g/mol. The average Bonchev–Trinajstić information content (AvgIpc) is 2.99. The number of aryl methyl sites for hydroxylation is 1. The van der Waals surface area contributed by atoms with Gasteiger partial charge in [0, 0.05) is 10.9 Å². The number of fused-ring (bicyclic) bond motifs is 1. The summed E-state index contributed by atoms with van der Waals surface area (Å²) in [6.07, 6.45) is -0.874. The van der Waals surface area contributed by atoms with Gasteiger partial charge < -0.3 is 4.74 Å². The fourth-order valence-corrected chi connectivity index (χ4v) is 2.34. The van der Waals surface area contributed by atoms with Crippen molar-refractivity contribution in [2.45, 2.75) is 20.0 Å². The van der Waals surface area contributed by atoms with Crippen LogP contribution >= 0.6 is 0 Å². The summed E-state index contributed by atoms with van der Waals surface area (Å²) < 4.78 is 5.28. The number of esters is 1. The van der Waals surface area contributed by atoms with Crippen LogP contribution in [0.4, 0.5) is 0 Å². The van der Waals surface area contributed by atoms with Gasteiger partial charge >= 0.3 is 5.97 Å². The molecule has 1 N–H and O–H groups in total. The number of hydrogen-bond donors (Lipinski definition) is 1. The fraction of sp³-hybridized carbons (Fsp3) is 0.167. The first-order valence-corrected chi connectivity index (χ1v) is 7.31. The summed E-state index contributed by atoms with van der Waals surface area (Å²) in [5.74, 6) is -0.853. The Morgan fingerprint density at radius 3 is 2.52 bits per heavy atom. The van der Waals surface area contributed by atoms with E-state index in [1.807, 2.05) is 37.3 Å². The molecule has 23 heavy (non-hydrogen) atoms. The minimum absolute atomic E-state index is 0.184. The fourth-order valence-electron chi connectivity index (χ4n) is 2.34. The first kappa shape index (κ1) is 15.0. The maximum absolute atomic E-state index is 12.3. The highest BCUT2D eigenvalue weighted by molar-refractivity contribution is 6.04. The maximum atomic E-state index is 12.3. The number of carbonyl (C=O) groups is 2. The number of benzene rings is 2. The third kappa shape index (κ3) is 2.99. The van der Waals surface area contributed by atoms with Crippen molar-refractivity contribution in [1.29, 1.82) is 0 Å². The molecule has 0 saturated heterocycles. The van der Waals surface area contributed by atoms with E-state index in [0.29, 0.717) is 10.9 Å². The Bertz CT molecular complexity index is 865. The third-order valence-electron chi connectivity index (χ3n) is 3.65. The Kier molecular flexibility index (Phi) is 3.93. The summed E-state index contributed by atoms with van der Waals surface area (Å²) in [6, 6.07) is 14.4. The van der Waals surface area contributed by atoms with Crippen molar-refractivity contribution in [1.82, 2.24) is 10.2 Å². The van der Waals surface area contributed by atoms with Crippen LogP contribution in [0.3, 0.4) is 0 Å². The number of hydrogen-bond acceptors (Lipinski definition) is 4. The predicted octanol–water partition coefficient (Wildman–Crippen LogP) is 3.30. The Labute approximate surface area is 133 Å². The van der Waals surface area contributed by atoms with Crippen molar-refractivity contribution in [2.75, 3.05) is 0 Å². The van der Waals surface area contributed by atoms with Crippen molar-refractivity contribution in [3.8, 4) is 0 Å². The zero-order valence-corrected chi connectivity index (χ0v) is 12.9. The molecule has 0 bridgehead atoms.